The third-order valence-electron chi connectivity index (χ3n) is 6.88. The van der Waals surface area contributed by atoms with E-state index < -0.39 is 11.6 Å². The third kappa shape index (κ3) is 7.40. The van der Waals surface area contributed by atoms with Crippen molar-refractivity contribution in [1.82, 2.24) is 19.4 Å². The Balaban J connectivity index is 0.00000462. The Morgan fingerprint density at radius 3 is 2.59 bits per heavy atom. The number of halogens is 2. The summed E-state index contributed by atoms with van der Waals surface area (Å²) in [4.78, 5) is 35.4. The van der Waals surface area contributed by atoms with Gasteiger partial charge in [-0.1, -0.05) is 43.7 Å². The van der Waals surface area contributed by atoms with Gasteiger partial charge in [0.2, 0.25) is 5.91 Å². The van der Waals surface area contributed by atoms with Crippen LogP contribution in [0.5, 0.6) is 5.75 Å². The van der Waals surface area contributed by atoms with Gasteiger partial charge < -0.3 is 25.0 Å². The molecule has 0 bridgehead atoms. The van der Waals surface area contributed by atoms with Crippen molar-refractivity contribution in [2.75, 3.05) is 18.2 Å². The second-order valence-corrected chi connectivity index (χ2v) is 10.6. The van der Waals surface area contributed by atoms with E-state index in [1.807, 2.05) is 30.3 Å². The fourth-order valence-electron chi connectivity index (χ4n) is 4.73. The van der Waals surface area contributed by atoms with Gasteiger partial charge in [0.15, 0.2) is 11.4 Å². The number of nitrogen functional groups attached to an aromatic ring is 1. The van der Waals surface area contributed by atoms with Gasteiger partial charge in [-0.3, -0.25) is 4.79 Å². The van der Waals surface area contributed by atoms with Crippen LogP contribution in [0, 0.1) is 0 Å². The number of carbonyl (C=O) groups is 2. The van der Waals surface area contributed by atoms with Crippen LogP contribution in [0.15, 0.2) is 48.5 Å². The molecule has 3 N–H and O–H groups in total. The summed E-state index contributed by atoms with van der Waals surface area (Å²) in [6.45, 7) is 6.58. The fourth-order valence-corrected chi connectivity index (χ4v) is 4.90. The first-order chi connectivity index (χ1) is 19.1. The zero-order valence-corrected chi connectivity index (χ0v) is 25.2. The molecule has 0 saturated carbocycles. The van der Waals surface area contributed by atoms with Crippen molar-refractivity contribution in [3.05, 3.63) is 59.9 Å². The molecule has 0 aliphatic heterocycles. The van der Waals surface area contributed by atoms with Crippen molar-refractivity contribution in [1.29, 1.82) is 0 Å². The lowest BCUT2D eigenvalue weighted by atomic mass is 10.1. The molecule has 0 radical (unpaired) electrons. The van der Waals surface area contributed by atoms with Crippen LogP contribution in [-0.4, -0.2) is 54.4 Å². The highest BCUT2D eigenvalue weighted by atomic mass is 35.5. The summed E-state index contributed by atoms with van der Waals surface area (Å²) >= 11 is 5.97. The molecule has 0 spiro atoms. The Morgan fingerprint density at radius 2 is 1.88 bits per heavy atom. The molecular formula is C30H37Cl2N5O4. The molecule has 0 fully saturated rings. The summed E-state index contributed by atoms with van der Waals surface area (Å²) in [7, 11) is 0. The molecule has 0 aliphatic carbocycles. The molecule has 4 rings (SSSR count). The van der Waals surface area contributed by atoms with Crippen LogP contribution in [0.1, 0.15) is 51.4 Å². The van der Waals surface area contributed by atoms with Crippen LogP contribution in [-0.2, 0) is 29.1 Å². The van der Waals surface area contributed by atoms with Gasteiger partial charge in [-0.05, 0) is 50.5 Å². The molecule has 0 saturated heterocycles. The molecule has 220 valence electrons. The van der Waals surface area contributed by atoms with Crippen LogP contribution < -0.4 is 10.5 Å². The molecule has 41 heavy (non-hydrogen) atoms. The normalized spacial score (nSPS) is 11.4. The van der Waals surface area contributed by atoms with Crippen molar-refractivity contribution in [3.63, 3.8) is 0 Å². The highest BCUT2D eigenvalue weighted by Crippen LogP contribution is 2.30. The first-order valence-corrected chi connectivity index (χ1v) is 14.1. The predicted molar refractivity (Wildman–Crippen MR) is 165 cm³/mol. The van der Waals surface area contributed by atoms with E-state index in [2.05, 4.69) is 16.5 Å². The van der Waals surface area contributed by atoms with Crippen LogP contribution >= 0.6 is 24.0 Å². The Bertz CT molecular complexity index is 1520. The number of aliphatic carboxylic acids is 1. The standard InChI is InChI=1S/C30H36ClN5O4.ClH/c1-4-5-14-24-34-26-27(22-12-6-7-13-23(22)33-28(26)32)36(24)16-9-15-35(25(37)18-31)19-20-10-8-11-21(17-20)40-30(2,3)29(38)39;/h6-8,10-13,17H,4-5,9,14-16,18-19H2,1-3H3,(H2,32,33)(H,38,39);1H. The third-order valence-corrected chi connectivity index (χ3v) is 7.11. The van der Waals surface area contributed by atoms with E-state index in [0.29, 0.717) is 43.1 Å². The van der Waals surface area contributed by atoms with Gasteiger partial charge in [-0.2, -0.15) is 0 Å². The van der Waals surface area contributed by atoms with E-state index in [1.54, 1.807) is 23.1 Å². The van der Waals surface area contributed by atoms with E-state index in [9.17, 15) is 14.7 Å². The lowest BCUT2D eigenvalue weighted by Gasteiger charge is -2.24. The number of pyridine rings is 1. The lowest BCUT2D eigenvalue weighted by molar-refractivity contribution is -0.152. The second kappa shape index (κ2) is 13.9. The molecule has 11 heteroatoms. The number of alkyl halides is 1. The molecule has 0 atom stereocenters. The van der Waals surface area contributed by atoms with Crippen molar-refractivity contribution in [2.45, 2.75) is 65.1 Å². The highest BCUT2D eigenvalue weighted by Gasteiger charge is 2.29. The van der Waals surface area contributed by atoms with Gasteiger partial charge in [0.1, 0.15) is 23.0 Å². The Labute approximate surface area is 251 Å². The number of imidazole rings is 1. The average Bonchev–Trinajstić information content (AvgIpc) is 3.30. The Kier molecular flexibility index (Phi) is 10.8. The van der Waals surface area contributed by atoms with Gasteiger partial charge in [0.05, 0.1) is 11.0 Å². The second-order valence-electron chi connectivity index (χ2n) is 10.4. The number of benzene rings is 2. The first-order valence-electron chi connectivity index (χ1n) is 13.5. The number of nitrogens with zero attached hydrogens (tertiary/aromatic N) is 4. The zero-order chi connectivity index (χ0) is 28.9. The quantitative estimate of drug-likeness (QED) is 0.185. The molecule has 4 aromatic rings. The first kappa shape index (κ1) is 32.0. The number of para-hydroxylation sites is 1. The fraction of sp³-hybridized carbons (Fsp3) is 0.400. The van der Waals surface area contributed by atoms with Crippen LogP contribution in [0.2, 0.25) is 0 Å². The van der Waals surface area contributed by atoms with Crippen LogP contribution in [0.25, 0.3) is 21.9 Å². The number of ether oxygens (including phenoxy) is 1. The number of carboxylic acid groups (broad SMARTS) is 1. The predicted octanol–water partition coefficient (Wildman–Crippen LogP) is 5.83. The molecule has 9 nitrogen and oxygen atoms in total. The van der Waals surface area contributed by atoms with Crippen molar-refractivity contribution in [3.8, 4) is 5.75 Å². The molecule has 0 aliphatic rings. The van der Waals surface area contributed by atoms with E-state index in [1.165, 1.54) is 13.8 Å². The smallest absolute Gasteiger partial charge is 0.347 e. The number of fused-ring (bicyclic) bond motifs is 3. The molecular weight excluding hydrogens is 565 g/mol. The van der Waals surface area contributed by atoms with Gasteiger partial charge in [0.25, 0.3) is 0 Å². The van der Waals surface area contributed by atoms with E-state index in [0.717, 1.165) is 47.1 Å². The summed E-state index contributed by atoms with van der Waals surface area (Å²) in [6.07, 6.45) is 3.54. The Morgan fingerprint density at radius 1 is 1.12 bits per heavy atom. The van der Waals surface area contributed by atoms with Gasteiger partial charge >= 0.3 is 5.97 Å². The molecule has 2 aromatic carbocycles. The van der Waals surface area contributed by atoms with Crippen LogP contribution in [0.4, 0.5) is 5.82 Å². The van der Waals surface area contributed by atoms with E-state index >= 15 is 0 Å². The van der Waals surface area contributed by atoms with Crippen molar-refractivity contribution in [2.24, 2.45) is 0 Å². The maximum atomic E-state index is 12.8. The minimum Gasteiger partial charge on any atom is -0.478 e. The maximum absolute atomic E-state index is 12.8. The molecule has 1 amide bonds. The topological polar surface area (TPSA) is 124 Å². The number of carbonyl (C=O) groups excluding carboxylic acids is 1. The number of anilines is 1. The number of amides is 1. The minimum absolute atomic E-state index is 0. The highest BCUT2D eigenvalue weighted by molar-refractivity contribution is 6.27. The maximum Gasteiger partial charge on any atom is 0.347 e. The summed E-state index contributed by atoms with van der Waals surface area (Å²) in [5.74, 6) is 0.420. The largest absolute Gasteiger partial charge is 0.478 e. The van der Waals surface area contributed by atoms with Crippen molar-refractivity contribution >= 4 is 63.6 Å². The number of rotatable bonds is 13. The number of hydrogen-bond acceptors (Lipinski definition) is 6. The van der Waals surface area contributed by atoms with Gasteiger partial charge in [0, 0.05) is 31.4 Å². The van der Waals surface area contributed by atoms with Gasteiger partial charge in [-0.15, -0.1) is 24.0 Å². The number of carboxylic acids is 1. The van der Waals surface area contributed by atoms with Crippen LogP contribution in [0.3, 0.4) is 0 Å². The lowest BCUT2D eigenvalue weighted by Crippen LogP contribution is -2.38. The molecule has 2 aromatic heterocycles. The zero-order valence-electron chi connectivity index (χ0n) is 23.6. The number of unbranched alkanes of at least 4 members (excludes halogenated alkanes) is 1. The number of hydrogen-bond donors (Lipinski definition) is 2. The SMILES string of the molecule is CCCCc1nc2c(N)nc3ccccc3c2n1CCCN(Cc1cccc(OC(C)(C)C(=O)O)c1)C(=O)CCl.Cl. The number of nitrogens with two attached hydrogens (primary N) is 1. The summed E-state index contributed by atoms with van der Waals surface area (Å²) in [5.41, 5.74) is 8.26. The minimum atomic E-state index is -1.38. The van der Waals surface area contributed by atoms with Gasteiger partial charge in [-0.25, -0.2) is 14.8 Å². The summed E-state index contributed by atoms with van der Waals surface area (Å²) in [6, 6.07) is 15.0. The monoisotopic (exact) mass is 601 g/mol. The summed E-state index contributed by atoms with van der Waals surface area (Å²) in [5, 5.41) is 10.4. The number of aromatic nitrogens is 3. The average molecular weight is 603 g/mol. The Hall–Kier alpha value is -3.56. The van der Waals surface area contributed by atoms with E-state index in [-0.39, 0.29) is 24.2 Å². The summed E-state index contributed by atoms with van der Waals surface area (Å²) < 4.78 is 7.90. The molecule has 0 unspecified atom stereocenters. The van der Waals surface area contributed by atoms with E-state index in [4.69, 9.17) is 27.1 Å². The molecule has 2 heterocycles. The van der Waals surface area contributed by atoms with Crippen molar-refractivity contribution < 1.29 is 19.4 Å². The number of aryl methyl sites for hydroxylation is 2.